The van der Waals surface area contributed by atoms with Crippen molar-refractivity contribution in [2.45, 2.75) is 13.0 Å². The van der Waals surface area contributed by atoms with Crippen LogP contribution in [0.4, 0.5) is 16.3 Å². The minimum absolute atomic E-state index is 0.183. The normalized spacial score (nSPS) is 10.5. The maximum absolute atomic E-state index is 12.1. The van der Waals surface area contributed by atoms with Gasteiger partial charge in [0, 0.05) is 43.5 Å². The van der Waals surface area contributed by atoms with Crippen LogP contribution in [0.25, 0.3) is 11.3 Å². The molecule has 0 spiro atoms. The molecular weight excluding hydrogens is 336 g/mol. The average Bonchev–Trinajstić information content (AvgIpc) is 3.22. The van der Waals surface area contributed by atoms with Crippen LogP contribution in [-0.2, 0) is 18.4 Å². The summed E-state index contributed by atoms with van der Waals surface area (Å²) in [5.74, 6) is -0.0345. The topological polar surface area (TPSA) is 133 Å². The number of carbonyl (C=O) groups is 2. The van der Waals surface area contributed by atoms with E-state index in [1.54, 1.807) is 42.3 Å². The molecule has 2 heterocycles. The molecule has 0 aliphatic heterocycles. The van der Waals surface area contributed by atoms with Crippen molar-refractivity contribution < 1.29 is 9.59 Å². The number of anilines is 2. The highest BCUT2D eigenvalue weighted by Gasteiger charge is 2.08. The first-order valence-electron chi connectivity index (χ1n) is 7.86. The number of nitrogens with two attached hydrogens (primary N) is 1. The monoisotopic (exact) mass is 354 g/mol. The fraction of sp³-hybridized carbons (Fsp3) is 0.188. The molecule has 0 fully saturated rings. The number of hydrogen-bond acceptors (Lipinski definition) is 5. The van der Waals surface area contributed by atoms with Crippen LogP contribution in [0.15, 0.2) is 42.7 Å². The van der Waals surface area contributed by atoms with Crippen LogP contribution in [-0.4, -0.2) is 36.7 Å². The van der Waals surface area contributed by atoms with Crippen LogP contribution in [0.3, 0.4) is 0 Å². The van der Waals surface area contributed by atoms with Gasteiger partial charge < -0.3 is 11.1 Å². The van der Waals surface area contributed by atoms with Crippen LogP contribution < -0.4 is 16.4 Å². The Kier molecular flexibility index (Phi) is 4.92. The SMILES string of the molecule is Cn1cc(-c2cccc(NC(=O)Nc3ccn(CCC(N)=O)n3)c2)nn1. The first-order valence-corrected chi connectivity index (χ1v) is 7.86. The largest absolute Gasteiger partial charge is 0.370 e. The summed E-state index contributed by atoms with van der Waals surface area (Å²) in [6.07, 6.45) is 3.63. The van der Waals surface area contributed by atoms with E-state index in [0.29, 0.717) is 23.7 Å². The molecule has 0 saturated heterocycles. The van der Waals surface area contributed by atoms with Crippen LogP contribution in [0.2, 0.25) is 0 Å². The molecule has 10 nitrogen and oxygen atoms in total. The maximum atomic E-state index is 12.1. The summed E-state index contributed by atoms with van der Waals surface area (Å²) in [6, 6.07) is 8.48. The second-order valence-electron chi connectivity index (χ2n) is 5.62. The van der Waals surface area contributed by atoms with Gasteiger partial charge in [-0.25, -0.2) is 4.79 Å². The van der Waals surface area contributed by atoms with Crippen molar-refractivity contribution >= 4 is 23.4 Å². The third kappa shape index (κ3) is 4.44. The molecule has 0 radical (unpaired) electrons. The van der Waals surface area contributed by atoms with E-state index in [9.17, 15) is 9.59 Å². The van der Waals surface area contributed by atoms with E-state index in [1.807, 2.05) is 12.1 Å². The second kappa shape index (κ2) is 7.47. The minimum atomic E-state index is -0.429. The fourth-order valence-corrected chi connectivity index (χ4v) is 2.29. The Hall–Kier alpha value is -3.69. The second-order valence-corrected chi connectivity index (χ2v) is 5.62. The van der Waals surface area contributed by atoms with Crippen molar-refractivity contribution in [3.63, 3.8) is 0 Å². The zero-order valence-electron chi connectivity index (χ0n) is 14.1. The van der Waals surface area contributed by atoms with E-state index >= 15 is 0 Å². The van der Waals surface area contributed by atoms with E-state index in [1.165, 1.54) is 4.68 Å². The van der Waals surface area contributed by atoms with Gasteiger partial charge in [-0.3, -0.25) is 19.5 Å². The number of nitrogens with zero attached hydrogens (tertiary/aromatic N) is 5. The number of hydrogen-bond donors (Lipinski definition) is 3. The smallest absolute Gasteiger partial charge is 0.324 e. The summed E-state index contributed by atoms with van der Waals surface area (Å²) in [5.41, 5.74) is 7.26. The average molecular weight is 354 g/mol. The molecule has 0 unspecified atom stereocenters. The summed E-state index contributed by atoms with van der Waals surface area (Å²) >= 11 is 0. The van der Waals surface area contributed by atoms with Gasteiger partial charge in [0.15, 0.2) is 5.82 Å². The lowest BCUT2D eigenvalue weighted by molar-refractivity contribution is -0.118. The molecule has 4 N–H and O–H groups in total. The van der Waals surface area contributed by atoms with Gasteiger partial charge in [0.2, 0.25) is 5.91 Å². The Bertz CT molecular complexity index is 930. The lowest BCUT2D eigenvalue weighted by Crippen LogP contribution is -2.20. The quantitative estimate of drug-likeness (QED) is 0.612. The van der Waals surface area contributed by atoms with Gasteiger partial charge in [-0.05, 0) is 12.1 Å². The molecule has 0 atom stereocenters. The van der Waals surface area contributed by atoms with Gasteiger partial charge in [0.1, 0.15) is 5.69 Å². The molecule has 26 heavy (non-hydrogen) atoms. The van der Waals surface area contributed by atoms with Gasteiger partial charge in [0.25, 0.3) is 0 Å². The zero-order chi connectivity index (χ0) is 18.5. The summed E-state index contributed by atoms with van der Waals surface area (Å²) < 4.78 is 3.14. The molecule has 2 aromatic heterocycles. The number of benzene rings is 1. The summed E-state index contributed by atoms with van der Waals surface area (Å²) in [6.45, 7) is 0.360. The summed E-state index contributed by atoms with van der Waals surface area (Å²) in [5, 5.41) is 17.5. The number of aryl methyl sites for hydroxylation is 2. The number of nitrogens with one attached hydrogen (secondary N) is 2. The molecule has 10 heteroatoms. The number of aromatic nitrogens is 5. The number of amides is 3. The third-order valence-electron chi connectivity index (χ3n) is 3.49. The van der Waals surface area contributed by atoms with Crippen molar-refractivity contribution in [1.29, 1.82) is 0 Å². The minimum Gasteiger partial charge on any atom is -0.370 e. The van der Waals surface area contributed by atoms with Crippen molar-refractivity contribution in [3.05, 3.63) is 42.7 Å². The standard InChI is InChI=1S/C16H18N8O2/c1-23-10-13(20-22-23)11-3-2-4-12(9-11)18-16(26)19-15-6-8-24(21-15)7-5-14(17)25/h2-4,6,8-10H,5,7H2,1H3,(H2,17,25)(H2,18,19,21,26). The molecule has 0 aliphatic carbocycles. The molecule has 0 bridgehead atoms. The summed E-state index contributed by atoms with van der Waals surface area (Å²) in [4.78, 5) is 22.9. The highest BCUT2D eigenvalue weighted by atomic mass is 16.2. The summed E-state index contributed by atoms with van der Waals surface area (Å²) in [7, 11) is 1.79. The highest BCUT2D eigenvalue weighted by molar-refractivity contribution is 5.99. The van der Waals surface area contributed by atoms with Gasteiger partial charge in [-0.1, -0.05) is 17.3 Å². The third-order valence-corrected chi connectivity index (χ3v) is 3.49. The van der Waals surface area contributed by atoms with Crippen LogP contribution >= 0.6 is 0 Å². The number of primary amides is 1. The lowest BCUT2D eigenvalue weighted by atomic mass is 10.1. The van der Waals surface area contributed by atoms with Crippen LogP contribution in [0.5, 0.6) is 0 Å². The van der Waals surface area contributed by atoms with Gasteiger partial charge in [-0.2, -0.15) is 5.10 Å². The fourth-order valence-electron chi connectivity index (χ4n) is 2.29. The molecule has 0 aliphatic rings. The van der Waals surface area contributed by atoms with Gasteiger partial charge in [-0.15, -0.1) is 5.10 Å². The predicted molar refractivity (Wildman–Crippen MR) is 95.1 cm³/mol. The van der Waals surface area contributed by atoms with Gasteiger partial charge in [0.05, 0.1) is 6.20 Å². The Morgan fingerprint density at radius 1 is 1.23 bits per heavy atom. The molecule has 134 valence electrons. The number of rotatable bonds is 6. The Labute approximate surface area is 149 Å². The van der Waals surface area contributed by atoms with Crippen molar-refractivity contribution in [1.82, 2.24) is 24.8 Å². The van der Waals surface area contributed by atoms with Crippen molar-refractivity contribution in [2.24, 2.45) is 12.8 Å². The van der Waals surface area contributed by atoms with Gasteiger partial charge >= 0.3 is 6.03 Å². The Balaban J connectivity index is 1.61. The molecule has 1 aromatic carbocycles. The highest BCUT2D eigenvalue weighted by Crippen LogP contribution is 2.20. The number of urea groups is 1. The van der Waals surface area contributed by atoms with Crippen LogP contribution in [0, 0.1) is 0 Å². The van der Waals surface area contributed by atoms with Crippen molar-refractivity contribution in [3.8, 4) is 11.3 Å². The van der Waals surface area contributed by atoms with E-state index in [-0.39, 0.29) is 6.42 Å². The molecule has 3 aromatic rings. The zero-order valence-corrected chi connectivity index (χ0v) is 14.1. The maximum Gasteiger partial charge on any atom is 0.324 e. The van der Waals surface area contributed by atoms with Crippen LogP contribution in [0.1, 0.15) is 6.42 Å². The first kappa shape index (κ1) is 17.1. The van der Waals surface area contributed by atoms with Crippen molar-refractivity contribution in [2.75, 3.05) is 10.6 Å². The lowest BCUT2D eigenvalue weighted by Gasteiger charge is -2.07. The van der Waals surface area contributed by atoms with E-state index in [2.05, 4.69) is 26.0 Å². The molecule has 3 rings (SSSR count). The van der Waals surface area contributed by atoms with E-state index < -0.39 is 11.9 Å². The molecule has 3 amide bonds. The molecule has 0 saturated carbocycles. The number of carbonyl (C=O) groups excluding carboxylic acids is 2. The predicted octanol–water partition coefficient (Wildman–Crippen LogP) is 1.20. The Morgan fingerprint density at radius 3 is 2.81 bits per heavy atom. The van der Waals surface area contributed by atoms with E-state index in [0.717, 1.165) is 5.56 Å². The first-order chi connectivity index (χ1) is 12.5. The molecular formula is C16H18N8O2. The Morgan fingerprint density at radius 2 is 2.08 bits per heavy atom. The van der Waals surface area contributed by atoms with E-state index in [4.69, 9.17) is 5.73 Å².